The Kier molecular flexibility index (Phi) is 4.48. The standard InChI is InChI=1S/C13H18ClNO/c1-13(2,3)12(16)6-4-5-10-7-8-15-9-11(10)14/h7-9H,4-6H2,1-3H3. The van der Waals surface area contributed by atoms with Crippen LogP contribution in [0.5, 0.6) is 0 Å². The van der Waals surface area contributed by atoms with Crippen LogP contribution in [0.25, 0.3) is 0 Å². The molecule has 0 atom stereocenters. The van der Waals surface area contributed by atoms with Crippen molar-refractivity contribution in [1.82, 2.24) is 4.98 Å². The summed E-state index contributed by atoms with van der Waals surface area (Å²) in [5, 5.41) is 0.686. The summed E-state index contributed by atoms with van der Waals surface area (Å²) in [6, 6.07) is 1.91. The van der Waals surface area contributed by atoms with Gasteiger partial charge in [0.15, 0.2) is 0 Å². The number of carbonyl (C=O) groups is 1. The van der Waals surface area contributed by atoms with Gasteiger partial charge in [0.25, 0.3) is 0 Å². The van der Waals surface area contributed by atoms with Crippen LogP contribution in [0.1, 0.15) is 39.2 Å². The summed E-state index contributed by atoms with van der Waals surface area (Å²) in [6.07, 6.45) is 5.67. The molecular weight excluding hydrogens is 222 g/mol. The van der Waals surface area contributed by atoms with E-state index in [4.69, 9.17) is 11.6 Å². The maximum absolute atomic E-state index is 11.7. The second kappa shape index (κ2) is 5.44. The van der Waals surface area contributed by atoms with E-state index < -0.39 is 0 Å². The molecule has 0 N–H and O–H groups in total. The lowest BCUT2D eigenvalue weighted by atomic mass is 9.87. The van der Waals surface area contributed by atoms with E-state index in [9.17, 15) is 4.79 Å². The van der Waals surface area contributed by atoms with E-state index in [1.54, 1.807) is 12.4 Å². The Bertz CT molecular complexity index is 368. The first-order chi connectivity index (χ1) is 7.41. The van der Waals surface area contributed by atoms with Crippen molar-refractivity contribution in [3.05, 3.63) is 29.0 Å². The van der Waals surface area contributed by atoms with Crippen LogP contribution >= 0.6 is 11.6 Å². The van der Waals surface area contributed by atoms with Crippen molar-refractivity contribution in [2.24, 2.45) is 5.41 Å². The van der Waals surface area contributed by atoms with Crippen LogP contribution in [0.3, 0.4) is 0 Å². The molecule has 1 aromatic rings. The Morgan fingerprint density at radius 1 is 1.44 bits per heavy atom. The minimum absolute atomic E-state index is 0.234. The van der Waals surface area contributed by atoms with E-state index in [1.807, 2.05) is 26.8 Å². The number of ketones is 1. The molecule has 88 valence electrons. The van der Waals surface area contributed by atoms with Crippen LogP contribution in [0, 0.1) is 5.41 Å². The lowest BCUT2D eigenvalue weighted by Gasteiger charge is -2.16. The zero-order valence-electron chi connectivity index (χ0n) is 10.1. The lowest BCUT2D eigenvalue weighted by Crippen LogP contribution is -2.19. The lowest BCUT2D eigenvalue weighted by molar-refractivity contribution is -0.126. The highest BCUT2D eigenvalue weighted by Crippen LogP contribution is 2.20. The molecule has 0 fully saturated rings. The highest BCUT2D eigenvalue weighted by atomic mass is 35.5. The van der Waals surface area contributed by atoms with Crippen LogP contribution in [0.15, 0.2) is 18.5 Å². The maximum atomic E-state index is 11.7. The van der Waals surface area contributed by atoms with Crippen molar-refractivity contribution in [2.75, 3.05) is 0 Å². The zero-order chi connectivity index (χ0) is 12.2. The van der Waals surface area contributed by atoms with Gasteiger partial charge in [0.2, 0.25) is 0 Å². The SMILES string of the molecule is CC(C)(C)C(=O)CCCc1ccncc1Cl. The van der Waals surface area contributed by atoms with Gasteiger partial charge < -0.3 is 0 Å². The minimum atomic E-state index is -0.234. The predicted molar refractivity (Wildman–Crippen MR) is 66.6 cm³/mol. The second-order valence-electron chi connectivity index (χ2n) is 4.99. The summed E-state index contributed by atoms with van der Waals surface area (Å²) in [5.41, 5.74) is 0.834. The van der Waals surface area contributed by atoms with E-state index in [1.165, 1.54) is 0 Å². The van der Waals surface area contributed by atoms with Gasteiger partial charge >= 0.3 is 0 Å². The van der Waals surface area contributed by atoms with Crippen molar-refractivity contribution in [1.29, 1.82) is 0 Å². The average molecular weight is 240 g/mol. The first-order valence-corrected chi connectivity index (χ1v) is 5.91. The van der Waals surface area contributed by atoms with Gasteiger partial charge in [-0.2, -0.15) is 0 Å². The molecule has 1 heterocycles. The number of rotatable bonds is 4. The van der Waals surface area contributed by atoms with Gasteiger partial charge in [-0.3, -0.25) is 9.78 Å². The first-order valence-electron chi connectivity index (χ1n) is 5.53. The summed E-state index contributed by atoms with van der Waals surface area (Å²) in [4.78, 5) is 15.6. The van der Waals surface area contributed by atoms with Gasteiger partial charge in [-0.05, 0) is 24.5 Å². The van der Waals surface area contributed by atoms with Crippen LogP contribution < -0.4 is 0 Å². The molecule has 16 heavy (non-hydrogen) atoms. The number of aromatic nitrogens is 1. The van der Waals surface area contributed by atoms with Gasteiger partial charge in [0.05, 0.1) is 5.02 Å². The quantitative estimate of drug-likeness (QED) is 0.803. The van der Waals surface area contributed by atoms with E-state index >= 15 is 0 Å². The van der Waals surface area contributed by atoms with Crippen molar-refractivity contribution in [3.63, 3.8) is 0 Å². The number of pyridine rings is 1. The molecule has 3 heteroatoms. The molecular formula is C13H18ClNO. The molecule has 0 bridgehead atoms. The Morgan fingerprint density at radius 2 is 2.12 bits per heavy atom. The molecule has 1 rings (SSSR count). The van der Waals surface area contributed by atoms with Gasteiger partial charge in [-0.25, -0.2) is 0 Å². The molecule has 0 aromatic carbocycles. The van der Waals surface area contributed by atoms with Crippen molar-refractivity contribution >= 4 is 17.4 Å². The van der Waals surface area contributed by atoms with Crippen LogP contribution in [-0.2, 0) is 11.2 Å². The Hall–Kier alpha value is -0.890. The van der Waals surface area contributed by atoms with E-state index in [2.05, 4.69) is 4.98 Å². The largest absolute Gasteiger partial charge is 0.299 e. The average Bonchev–Trinajstić information content (AvgIpc) is 2.19. The van der Waals surface area contributed by atoms with E-state index in [0.717, 1.165) is 18.4 Å². The summed E-state index contributed by atoms with van der Waals surface area (Å²) in [5.74, 6) is 0.303. The molecule has 0 spiro atoms. The molecule has 0 aliphatic heterocycles. The van der Waals surface area contributed by atoms with Crippen molar-refractivity contribution < 1.29 is 4.79 Å². The number of Topliss-reactive ketones (excluding diaryl/α,β-unsaturated/α-hetero) is 1. The van der Waals surface area contributed by atoms with Crippen molar-refractivity contribution in [2.45, 2.75) is 40.0 Å². The van der Waals surface area contributed by atoms with Gasteiger partial charge in [0.1, 0.15) is 5.78 Å². The topological polar surface area (TPSA) is 30.0 Å². The first kappa shape index (κ1) is 13.2. The third kappa shape index (κ3) is 3.93. The van der Waals surface area contributed by atoms with Gasteiger partial charge in [0, 0.05) is 24.2 Å². The van der Waals surface area contributed by atoms with E-state index in [-0.39, 0.29) is 5.41 Å². The summed E-state index contributed by atoms with van der Waals surface area (Å²) >= 11 is 5.98. The minimum Gasteiger partial charge on any atom is -0.299 e. The Balaban J connectivity index is 2.43. The molecule has 0 saturated heterocycles. The number of aryl methyl sites for hydroxylation is 1. The number of halogens is 1. The maximum Gasteiger partial charge on any atom is 0.138 e. The Labute approximate surface area is 102 Å². The van der Waals surface area contributed by atoms with E-state index in [0.29, 0.717) is 17.2 Å². The molecule has 0 saturated carbocycles. The molecule has 0 unspecified atom stereocenters. The third-order valence-corrected chi connectivity index (χ3v) is 2.88. The molecule has 0 amide bonds. The molecule has 1 aromatic heterocycles. The van der Waals surface area contributed by atoms with Crippen molar-refractivity contribution in [3.8, 4) is 0 Å². The number of carbonyl (C=O) groups excluding carboxylic acids is 1. The third-order valence-electron chi connectivity index (χ3n) is 2.54. The smallest absolute Gasteiger partial charge is 0.138 e. The fraction of sp³-hybridized carbons (Fsp3) is 0.538. The molecule has 0 aliphatic carbocycles. The fourth-order valence-corrected chi connectivity index (χ4v) is 1.63. The normalized spacial score (nSPS) is 11.5. The van der Waals surface area contributed by atoms with Crippen LogP contribution in [-0.4, -0.2) is 10.8 Å². The fourth-order valence-electron chi connectivity index (χ4n) is 1.42. The highest BCUT2D eigenvalue weighted by Gasteiger charge is 2.20. The molecule has 0 radical (unpaired) electrons. The zero-order valence-corrected chi connectivity index (χ0v) is 10.8. The van der Waals surface area contributed by atoms with Gasteiger partial charge in [-0.15, -0.1) is 0 Å². The number of hydrogen-bond acceptors (Lipinski definition) is 2. The summed E-state index contributed by atoms with van der Waals surface area (Å²) < 4.78 is 0. The molecule has 0 aliphatic rings. The van der Waals surface area contributed by atoms with Gasteiger partial charge in [-0.1, -0.05) is 32.4 Å². The number of nitrogens with zero attached hydrogens (tertiary/aromatic N) is 1. The number of hydrogen-bond donors (Lipinski definition) is 0. The molecule has 2 nitrogen and oxygen atoms in total. The predicted octanol–water partition coefficient (Wildman–Crippen LogP) is 3.67. The summed E-state index contributed by atoms with van der Waals surface area (Å²) in [7, 11) is 0. The van der Waals surface area contributed by atoms with Crippen LogP contribution in [0.4, 0.5) is 0 Å². The second-order valence-corrected chi connectivity index (χ2v) is 5.40. The Morgan fingerprint density at radius 3 is 2.69 bits per heavy atom. The van der Waals surface area contributed by atoms with Crippen LogP contribution in [0.2, 0.25) is 5.02 Å². The summed E-state index contributed by atoms with van der Waals surface area (Å²) in [6.45, 7) is 5.86. The monoisotopic (exact) mass is 239 g/mol. The highest BCUT2D eigenvalue weighted by molar-refractivity contribution is 6.31.